The summed E-state index contributed by atoms with van der Waals surface area (Å²) in [6.45, 7) is 1.47. The number of rotatable bonds is 5. The first kappa shape index (κ1) is 19.2. The molecule has 2 aromatic rings. The zero-order valence-electron chi connectivity index (χ0n) is 15.2. The first-order valence-corrected chi connectivity index (χ1v) is 9.29. The van der Waals surface area contributed by atoms with Crippen molar-refractivity contribution < 1.29 is 19.1 Å². The molecule has 1 fully saturated rings. The Bertz CT molecular complexity index is 815. The third-order valence-electron chi connectivity index (χ3n) is 4.69. The molecular formula is C21H22ClNO4. The minimum absolute atomic E-state index is 0.0495. The number of carbonyl (C=O) groups is 2. The Hall–Kier alpha value is -2.53. The standard InChI is InChI=1S/C21H22ClNO4/c1-26-21(25)16-8-10-23(11-9-16)20(24)17-5-3-7-19(13-17)27-14-15-4-2-6-18(22)12-15/h2-7,12-13,16H,8-11,14H2,1H3. The molecule has 6 heteroatoms. The topological polar surface area (TPSA) is 55.8 Å². The van der Waals surface area contributed by atoms with Crippen LogP contribution < -0.4 is 4.74 Å². The van der Waals surface area contributed by atoms with Gasteiger partial charge in [-0.25, -0.2) is 0 Å². The smallest absolute Gasteiger partial charge is 0.308 e. The van der Waals surface area contributed by atoms with Gasteiger partial charge in [-0.05, 0) is 48.7 Å². The molecule has 0 radical (unpaired) electrons. The fourth-order valence-corrected chi connectivity index (χ4v) is 3.39. The summed E-state index contributed by atoms with van der Waals surface area (Å²) in [7, 11) is 1.40. The van der Waals surface area contributed by atoms with E-state index in [1.165, 1.54) is 7.11 Å². The van der Waals surface area contributed by atoms with Gasteiger partial charge in [0.15, 0.2) is 0 Å². The molecule has 1 aliphatic rings. The summed E-state index contributed by atoms with van der Waals surface area (Å²) < 4.78 is 10.6. The van der Waals surface area contributed by atoms with Crippen LogP contribution >= 0.6 is 11.6 Å². The number of likely N-dealkylation sites (tertiary alicyclic amines) is 1. The van der Waals surface area contributed by atoms with Crippen molar-refractivity contribution in [3.8, 4) is 5.75 Å². The summed E-state index contributed by atoms with van der Waals surface area (Å²) in [5.41, 5.74) is 1.54. The maximum absolute atomic E-state index is 12.8. The monoisotopic (exact) mass is 387 g/mol. The van der Waals surface area contributed by atoms with Crippen LogP contribution in [0.1, 0.15) is 28.8 Å². The van der Waals surface area contributed by atoms with Crippen LogP contribution in [0.4, 0.5) is 0 Å². The van der Waals surface area contributed by atoms with Crippen LogP contribution in [0.15, 0.2) is 48.5 Å². The quantitative estimate of drug-likeness (QED) is 0.729. The van der Waals surface area contributed by atoms with E-state index in [2.05, 4.69) is 0 Å². The summed E-state index contributed by atoms with van der Waals surface area (Å²) in [6, 6.07) is 14.6. The molecule has 0 spiro atoms. The third kappa shape index (κ3) is 5.01. The second-order valence-corrected chi connectivity index (χ2v) is 6.97. The molecule has 27 heavy (non-hydrogen) atoms. The molecule has 3 rings (SSSR count). The number of halogens is 1. The lowest BCUT2D eigenvalue weighted by atomic mass is 9.96. The van der Waals surface area contributed by atoms with Crippen molar-refractivity contribution in [1.29, 1.82) is 0 Å². The van der Waals surface area contributed by atoms with E-state index in [1.54, 1.807) is 17.0 Å². The predicted octanol–water partition coefficient (Wildman–Crippen LogP) is 3.94. The SMILES string of the molecule is COC(=O)C1CCN(C(=O)c2cccc(OCc3cccc(Cl)c3)c2)CC1. The van der Waals surface area contributed by atoms with E-state index in [0.717, 1.165) is 5.56 Å². The molecule has 1 saturated heterocycles. The van der Waals surface area contributed by atoms with Crippen molar-refractivity contribution in [2.24, 2.45) is 5.92 Å². The Labute approximate surface area is 163 Å². The van der Waals surface area contributed by atoms with Gasteiger partial charge in [-0.1, -0.05) is 29.8 Å². The van der Waals surface area contributed by atoms with E-state index in [9.17, 15) is 9.59 Å². The summed E-state index contributed by atoms with van der Waals surface area (Å²) in [6.07, 6.45) is 1.26. The molecule has 0 N–H and O–H groups in total. The van der Waals surface area contributed by atoms with Gasteiger partial charge < -0.3 is 14.4 Å². The molecule has 5 nitrogen and oxygen atoms in total. The third-order valence-corrected chi connectivity index (χ3v) is 4.93. The molecule has 0 aliphatic carbocycles. The molecule has 1 amide bonds. The highest BCUT2D eigenvalue weighted by Crippen LogP contribution is 2.22. The van der Waals surface area contributed by atoms with Gasteiger partial charge in [-0.3, -0.25) is 9.59 Å². The summed E-state index contributed by atoms with van der Waals surface area (Å²) >= 11 is 5.98. The molecule has 0 saturated carbocycles. The first-order valence-electron chi connectivity index (χ1n) is 8.91. The molecule has 142 valence electrons. The normalized spacial score (nSPS) is 14.7. The summed E-state index contributed by atoms with van der Waals surface area (Å²) in [5.74, 6) is 0.265. The fraction of sp³-hybridized carbons (Fsp3) is 0.333. The Morgan fingerprint density at radius 3 is 2.56 bits per heavy atom. The molecule has 0 unspecified atom stereocenters. The fourth-order valence-electron chi connectivity index (χ4n) is 3.18. The highest BCUT2D eigenvalue weighted by Gasteiger charge is 2.28. The van der Waals surface area contributed by atoms with Crippen LogP contribution in [0.3, 0.4) is 0 Å². The zero-order chi connectivity index (χ0) is 19.2. The van der Waals surface area contributed by atoms with Gasteiger partial charge in [0.1, 0.15) is 12.4 Å². The number of carbonyl (C=O) groups excluding carboxylic acids is 2. The van der Waals surface area contributed by atoms with E-state index in [-0.39, 0.29) is 17.8 Å². The predicted molar refractivity (Wildman–Crippen MR) is 103 cm³/mol. The first-order chi connectivity index (χ1) is 13.1. The zero-order valence-corrected chi connectivity index (χ0v) is 15.9. The van der Waals surface area contributed by atoms with Crippen molar-refractivity contribution in [2.45, 2.75) is 19.4 Å². The Kier molecular flexibility index (Phi) is 6.35. The molecule has 1 aliphatic heterocycles. The molecule has 1 heterocycles. The highest BCUT2D eigenvalue weighted by molar-refractivity contribution is 6.30. The van der Waals surface area contributed by atoms with Crippen LogP contribution in [0.25, 0.3) is 0 Å². The number of methoxy groups -OCH3 is 1. The van der Waals surface area contributed by atoms with Gasteiger partial charge >= 0.3 is 5.97 Å². The number of esters is 1. The largest absolute Gasteiger partial charge is 0.489 e. The number of nitrogens with zero attached hydrogens (tertiary/aromatic N) is 1. The van der Waals surface area contributed by atoms with Crippen molar-refractivity contribution in [1.82, 2.24) is 4.90 Å². The lowest BCUT2D eigenvalue weighted by Gasteiger charge is -2.30. The van der Waals surface area contributed by atoms with Crippen LogP contribution in [-0.2, 0) is 16.1 Å². The minimum atomic E-state index is -0.196. The summed E-state index contributed by atoms with van der Waals surface area (Å²) in [5, 5.41) is 0.662. The molecular weight excluding hydrogens is 366 g/mol. The van der Waals surface area contributed by atoms with Gasteiger partial charge in [0.25, 0.3) is 5.91 Å². The van der Waals surface area contributed by atoms with Crippen LogP contribution in [0, 0.1) is 5.92 Å². The second kappa shape index (κ2) is 8.91. The van der Waals surface area contributed by atoms with Crippen LogP contribution in [0.5, 0.6) is 5.75 Å². The van der Waals surface area contributed by atoms with Crippen molar-refractivity contribution in [3.05, 3.63) is 64.7 Å². The average molecular weight is 388 g/mol. The second-order valence-electron chi connectivity index (χ2n) is 6.54. The van der Waals surface area contributed by atoms with Gasteiger partial charge in [-0.15, -0.1) is 0 Å². The van der Waals surface area contributed by atoms with Crippen LogP contribution in [0.2, 0.25) is 5.02 Å². The number of benzene rings is 2. The van der Waals surface area contributed by atoms with Gasteiger partial charge in [-0.2, -0.15) is 0 Å². The number of hydrogen-bond donors (Lipinski definition) is 0. The molecule has 2 aromatic carbocycles. The van der Waals surface area contributed by atoms with Crippen molar-refractivity contribution in [2.75, 3.05) is 20.2 Å². The lowest BCUT2D eigenvalue weighted by Crippen LogP contribution is -2.40. The molecule has 0 bridgehead atoms. The van der Waals surface area contributed by atoms with Gasteiger partial charge in [0.2, 0.25) is 0 Å². The minimum Gasteiger partial charge on any atom is -0.489 e. The van der Waals surface area contributed by atoms with E-state index in [0.29, 0.717) is 48.9 Å². The molecule has 0 atom stereocenters. The average Bonchev–Trinajstić information content (AvgIpc) is 2.71. The Balaban J connectivity index is 1.60. The maximum Gasteiger partial charge on any atom is 0.308 e. The lowest BCUT2D eigenvalue weighted by molar-refractivity contribution is -0.146. The van der Waals surface area contributed by atoms with Crippen molar-refractivity contribution >= 4 is 23.5 Å². The van der Waals surface area contributed by atoms with E-state index in [4.69, 9.17) is 21.1 Å². The van der Waals surface area contributed by atoms with E-state index >= 15 is 0 Å². The maximum atomic E-state index is 12.8. The highest BCUT2D eigenvalue weighted by atomic mass is 35.5. The number of hydrogen-bond acceptors (Lipinski definition) is 4. The number of amides is 1. The Morgan fingerprint density at radius 1 is 1.11 bits per heavy atom. The number of piperidine rings is 1. The van der Waals surface area contributed by atoms with E-state index < -0.39 is 0 Å². The van der Waals surface area contributed by atoms with Gasteiger partial charge in [0.05, 0.1) is 13.0 Å². The molecule has 0 aromatic heterocycles. The van der Waals surface area contributed by atoms with E-state index in [1.807, 2.05) is 36.4 Å². The van der Waals surface area contributed by atoms with Gasteiger partial charge in [0, 0.05) is 23.7 Å². The van der Waals surface area contributed by atoms with Crippen molar-refractivity contribution in [3.63, 3.8) is 0 Å². The summed E-state index contributed by atoms with van der Waals surface area (Å²) in [4.78, 5) is 26.1. The van der Waals surface area contributed by atoms with Crippen LogP contribution in [-0.4, -0.2) is 37.0 Å². The Morgan fingerprint density at radius 2 is 1.85 bits per heavy atom. The number of ether oxygens (including phenoxy) is 2.